The molecular formula is C25H25F3N4O4. The Morgan fingerprint density at radius 3 is 2.64 bits per heavy atom. The molecule has 0 aliphatic carbocycles. The first kappa shape index (κ1) is 25.2. The number of hydrogen-bond acceptors (Lipinski definition) is 6. The maximum atomic E-state index is 13.2. The van der Waals surface area contributed by atoms with Crippen molar-refractivity contribution < 1.29 is 32.2 Å². The van der Waals surface area contributed by atoms with Gasteiger partial charge in [0.15, 0.2) is 12.4 Å². The van der Waals surface area contributed by atoms with Crippen LogP contribution in [0, 0.1) is 0 Å². The van der Waals surface area contributed by atoms with Gasteiger partial charge in [0.1, 0.15) is 17.3 Å². The highest BCUT2D eigenvalue weighted by Crippen LogP contribution is 2.37. The molecule has 2 unspecified atom stereocenters. The Balaban J connectivity index is 1.50. The second kappa shape index (κ2) is 10.4. The third kappa shape index (κ3) is 5.20. The molecule has 2 heterocycles. The highest BCUT2D eigenvalue weighted by molar-refractivity contribution is 5.97. The molecule has 1 amide bonds. The summed E-state index contributed by atoms with van der Waals surface area (Å²) in [4.78, 5) is 24.3. The molecular weight excluding hydrogens is 477 g/mol. The van der Waals surface area contributed by atoms with Crippen LogP contribution < -0.4 is 15.8 Å². The summed E-state index contributed by atoms with van der Waals surface area (Å²) in [6, 6.07) is 13.2. The van der Waals surface area contributed by atoms with Gasteiger partial charge in [-0.05, 0) is 24.1 Å². The van der Waals surface area contributed by atoms with Crippen LogP contribution in [0.5, 0.6) is 5.75 Å². The normalized spacial score (nSPS) is 18.0. The Hall–Kier alpha value is -3.86. The fraction of sp³-hybridized carbons (Fsp3) is 0.320. The van der Waals surface area contributed by atoms with E-state index in [4.69, 9.17) is 15.2 Å². The van der Waals surface area contributed by atoms with E-state index in [9.17, 15) is 22.8 Å². The molecule has 0 radical (unpaired) electrons. The fourth-order valence-electron chi connectivity index (χ4n) is 4.19. The molecule has 1 aliphatic rings. The van der Waals surface area contributed by atoms with Crippen molar-refractivity contribution in [3.63, 3.8) is 0 Å². The van der Waals surface area contributed by atoms with Crippen molar-refractivity contribution in [2.75, 3.05) is 19.5 Å². The molecule has 8 nitrogen and oxygen atoms in total. The number of para-hydroxylation sites is 1. The average Bonchev–Trinajstić information content (AvgIpc) is 3.23. The molecule has 0 bridgehead atoms. The Morgan fingerprint density at radius 2 is 1.97 bits per heavy atom. The van der Waals surface area contributed by atoms with E-state index < -0.39 is 18.3 Å². The molecule has 11 heteroatoms. The molecule has 1 aromatic heterocycles. The van der Waals surface area contributed by atoms with Crippen LogP contribution in [0.4, 0.5) is 19.0 Å². The van der Waals surface area contributed by atoms with E-state index in [1.165, 1.54) is 11.8 Å². The summed E-state index contributed by atoms with van der Waals surface area (Å²) >= 11 is 0. The van der Waals surface area contributed by atoms with Gasteiger partial charge in [-0.3, -0.25) is 9.59 Å². The van der Waals surface area contributed by atoms with Gasteiger partial charge in [-0.25, -0.2) is 4.68 Å². The van der Waals surface area contributed by atoms with E-state index in [0.717, 1.165) is 5.56 Å². The lowest BCUT2D eigenvalue weighted by molar-refractivity contribution is -0.234. The number of nitrogens with zero attached hydrogens (tertiary/aromatic N) is 2. The summed E-state index contributed by atoms with van der Waals surface area (Å²) in [7, 11) is 1.49. The lowest BCUT2D eigenvalue weighted by Crippen LogP contribution is -2.38. The molecule has 4 rings (SSSR count). The van der Waals surface area contributed by atoms with Crippen molar-refractivity contribution >= 4 is 18.0 Å². The monoisotopic (exact) mass is 502 g/mol. The maximum absolute atomic E-state index is 13.2. The number of alkyl halides is 3. The number of amides is 1. The first-order valence-electron chi connectivity index (χ1n) is 11.2. The van der Waals surface area contributed by atoms with Crippen LogP contribution in [0.15, 0.2) is 48.5 Å². The van der Waals surface area contributed by atoms with Crippen molar-refractivity contribution in [3.8, 4) is 17.0 Å². The molecule has 2 aromatic carbocycles. The molecule has 1 saturated heterocycles. The summed E-state index contributed by atoms with van der Waals surface area (Å²) < 4.78 is 50.8. The zero-order chi connectivity index (χ0) is 25.9. The number of nitrogens with two attached hydrogens (primary N) is 1. The molecule has 0 saturated carbocycles. The van der Waals surface area contributed by atoms with Crippen molar-refractivity contribution in [1.29, 1.82) is 0 Å². The van der Waals surface area contributed by atoms with Crippen LogP contribution >= 0.6 is 0 Å². The first-order valence-corrected chi connectivity index (χ1v) is 11.2. The topological polar surface area (TPSA) is 108 Å². The van der Waals surface area contributed by atoms with Gasteiger partial charge in [-0.2, -0.15) is 18.3 Å². The summed E-state index contributed by atoms with van der Waals surface area (Å²) in [5.74, 6) is 0.187. The third-order valence-corrected chi connectivity index (χ3v) is 6.10. The molecule has 36 heavy (non-hydrogen) atoms. The smallest absolute Gasteiger partial charge is 0.414 e. The number of carbonyl (C=O) groups excluding carboxylic acids is 2. The number of halogens is 3. The number of anilines is 1. The van der Waals surface area contributed by atoms with Crippen molar-refractivity contribution in [3.05, 3.63) is 65.2 Å². The molecule has 0 spiro atoms. The van der Waals surface area contributed by atoms with E-state index in [-0.39, 0.29) is 42.6 Å². The number of nitrogen functional groups attached to an aromatic ring is 1. The van der Waals surface area contributed by atoms with Gasteiger partial charge in [0.05, 0.1) is 24.3 Å². The minimum atomic E-state index is -4.49. The molecule has 1 aliphatic heterocycles. The average molecular weight is 502 g/mol. The van der Waals surface area contributed by atoms with E-state index in [1.54, 1.807) is 48.5 Å². The zero-order valence-corrected chi connectivity index (χ0v) is 19.4. The van der Waals surface area contributed by atoms with E-state index in [1.807, 2.05) is 0 Å². The number of ether oxygens (including phenoxy) is 2. The van der Waals surface area contributed by atoms with Crippen LogP contribution in [0.25, 0.3) is 11.3 Å². The van der Waals surface area contributed by atoms with Crippen LogP contribution in [0.3, 0.4) is 0 Å². The molecule has 190 valence electrons. The standard InChI is InChI=1S/C25H25F3N4O4/c1-35-20-5-3-2-4-18(20)24(34)30-13-15-6-8-16(9-7-15)22-19(14-33)23(29)32(31-22)17-10-11-36-21(12-17)25(26,27)28/h2-9,14,17,21H,10-13,29H2,1H3,(H,30,34). The summed E-state index contributed by atoms with van der Waals surface area (Å²) in [5, 5.41) is 7.23. The number of carbonyl (C=O) groups is 2. The van der Waals surface area contributed by atoms with Crippen molar-refractivity contribution in [2.24, 2.45) is 0 Å². The van der Waals surface area contributed by atoms with Gasteiger partial charge >= 0.3 is 6.18 Å². The van der Waals surface area contributed by atoms with Gasteiger partial charge in [0.25, 0.3) is 5.91 Å². The SMILES string of the molecule is COc1ccccc1C(=O)NCc1ccc(-c2nn(C3CCOC(C(F)(F)F)C3)c(N)c2C=O)cc1. The Bertz CT molecular complexity index is 1240. The number of benzene rings is 2. The highest BCUT2D eigenvalue weighted by Gasteiger charge is 2.44. The fourth-order valence-corrected chi connectivity index (χ4v) is 4.19. The second-order valence-electron chi connectivity index (χ2n) is 8.37. The van der Waals surface area contributed by atoms with Gasteiger partial charge in [-0.15, -0.1) is 0 Å². The Kier molecular flexibility index (Phi) is 7.30. The lowest BCUT2D eigenvalue weighted by Gasteiger charge is -2.31. The Morgan fingerprint density at radius 1 is 1.25 bits per heavy atom. The van der Waals surface area contributed by atoms with Gasteiger partial charge in [-0.1, -0.05) is 36.4 Å². The quantitative estimate of drug-likeness (QED) is 0.470. The van der Waals surface area contributed by atoms with Gasteiger partial charge in [0, 0.05) is 25.1 Å². The lowest BCUT2D eigenvalue weighted by atomic mass is 10.0. The minimum absolute atomic E-state index is 0.0148. The molecule has 3 N–H and O–H groups in total. The number of aromatic nitrogens is 2. The first-order chi connectivity index (χ1) is 17.2. The number of methoxy groups -OCH3 is 1. The predicted octanol–water partition coefficient (Wildman–Crippen LogP) is 4.17. The number of hydrogen-bond donors (Lipinski definition) is 2. The van der Waals surface area contributed by atoms with Crippen LogP contribution in [-0.4, -0.2) is 48.0 Å². The van der Waals surface area contributed by atoms with Gasteiger partial charge in [0.2, 0.25) is 0 Å². The van der Waals surface area contributed by atoms with E-state index in [0.29, 0.717) is 29.6 Å². The number of aldehydes is 1. The van der Waals surface area contributed by atoms with Crippen molar-refractivity contribution in [1.82, 2.24) is 15.1 Å². The highest BCUT2D eigenvalue weighted by atomic mass is 19.4. The second-order valence-corrected chi connectivity index (χ2v) is 8.37. The molecule has 2 atom stereocenters. The molecule has 1 fully saturated rings. The minimum Gasteiger partial charge on any atom is -0.496 e. The largest absolute Gasteiger partial charge is 0.496 e. The maximum Gasteiger partial charge on any atom is 0.414 e. The third-order valence-electron chi connectivity index (χ3n) is 6.10. The van der Waals surface area contributed by atoms with Crippen LogP contribution in [-0.2, 0) is 11.3 Å². The summed E-state index contributed by atoms with van der Waals surface area (Å²) in [6.45, 7) is 0.157. The van der Waals surface area contributed by atoms with Gasteiger partial charge < -0.3 is 20.5 Å². The van der Waals surface area contributed by atoms with E-state index >= 15 is 0 Å². The van der Waals surface area contributed by atoms with Crippen LogP contribution in [0.1, 0.15) is 45.2 Å². The predicted molar refractivity (Wildman–Crippen MR) is 126 cm³/mol. The van der Waals surface area contributed by atoms with E-state index in [2.05, 4.69) is 10.4 Å². The molecule has 3 aromatic rings. The number of rotatable bonds is 7. The summed E-state index contributed by atoms with van der Waals surface area (Å²) in [6.07, 6.45) is -5.89. The van der Waals surface area contributed by atoms with Crippen molar-refractivity contribution in [2.45, 2.75) is 37.7 Å². The number of nitrogens with one attached hydrogen (secondary N) is 1. The van der Waals surface area contributed by atoms with Crippen LogP contribution in [0.2, 0.25) is 0 Å². The Labute approximate surface area is 205 Å². The summed E-state index contributed by atoms with van der Waals surface area (Å²) in [5.41, 5.74) is 8.28. The zero-order valence-electron chi connectivity index (χ0n) is 19.4.